The summed E-state index contributed by atoms with van der Waals surface area (Å²) in [7, 11) is 1.63. The molecule has 17 heavy (non-hydrogen) atoms. The highest BCUT2D eigenvalue weighted by atomic mass is 16.5. The summed E-state index contributed by atoms with van der Waals surface area (Å²) in [6, 6.07) is 7.92. The highest BCUT2D eigenvalue weighted by Crippen LogP contribution is 2.19. The predicted molar refractivity (Wildman–Crippen MR) is 62.1 cm³/mol. The molecule has 0 aliphatic heterocycles. The summed E-state index contributed by atoms with van der Waals surface area (Å²) in [4.78, 5) is 13.4. The molecule has 5 heteroatoms. The molecule has 0 unspecified atom stereocenters. The fourth-order valence-electron chi connectivity index (χ4n) is 1.42. The number of aryl methyl sites for hydroxylation is 1. The molecular weight excluding hydrogens is 220 g/mol. The summed E-state index contributed by atoms with van der Waals surface area (Å²) in [6.07, 6.45) is 0. The first-order valence-electron chi connectivity index (χ1n) is 5.08. The number of carbonyl (C=O) groups is 1. The van der Waals surface area contributed by atoms with Crippen molar-refractivity contribution >= 4 is 11.6 Å². The molecule has 0 atom stereocenters. The monoisotopic (exact) mass is 232 g/mol. The molecule has 0 radical (unpaired) electrons. The van der Waals surface area contributed by atoms with Crippen LogP contribution in [0.1, 0.15) is 16.2 Å². The van der Waals surface area contributed by atoms with E-state index < -0.39 is 0 Å². The molecule has 5 nitrogen and oxygen atoms in total. The van der Waals surface area contributed by atoms with Gasteiger partial charge in [0.1, 0.15) is 5.75 Å². The van der Waals surface area contributed by atoms with E-state index in [0.29, 0.717) is 11.4 Å². The molecule has 0 saturated heterocycles. The molecule has 1 aromatic heterocycles. The quantitative estimate of drug-likeness (QED) is 0.859. The fourth-order valence-corrected chi connectivity index (χ4v) is 1.42. The van der Waals surface area contributed by atoms with E-state index in [1.54, 1.807) is 32.2 Å². The van der Waals surface area contributed by atoms with Crippen molar-refractivity contribution in [3.05, 3.63) is 41.8 Å². The second kappa shape index (κ2) is 4.29. The Balaban J connectivity index is 2.23. The lowest BCUT2D eigenvalue weighted by Gasteiger charge is -2.15. The third-order valence-corrected chi connectivity index (χ3v) is 2.38. The molecule has 0 bridgehead atoms. The summed E-state index contributed by atoms with van der Waals surface area (Å²) < 4.78 is 4.90. The van der Waals surface area contributed by atoms with Crippen molar-refractivity contribution in [2.45, 2.75) is 6.92 Å². The van der Waals surface area contributed by atoms with E-state index in [1.807, 2.05) is 0 Å². The third-order valence-electron chi connectivity index (χ3n) is 2.38. The van der Waals surface area contributed by atoms with E-state index in [2.05, 4.69) is 5.16 Å². The van der Waals surface area contributed by atoms with E-state index in [1.165, 1.54) is 17.0 Å². The molecule has 1 heterocycles. The van der Waals surface area contributed by atoms with Crippen molar-refractivity contribution in [1.29, 1.82) is 0 Å². The average molecular weight is 232 g/mol. The average Bonchev–Trinajstić information content (AvgIpc) is 2.75. The zero-order chi connectivity index (χ0) is 12.4. The minimum absolute atomic E-state index is 0.158. The molecule has 1 N–H and O–H groups in total. The van der Waals surface area contributed by atoms with Gasteiger partial charge in [-0.1, -0.05) is 5.16 Å². The molecule has 0 fully saturated rings. The number of phenolic OH excluding ortho intramolecular Hbond substituents is 1. The normalized spacial score (nSPS) is 10.2. The molecule has 0 aliphatic carbocycles. The number of hydrogen-bond acceptors (Lipinski definition) is 4. The van der Waals surface area contributed by atoms with Gasteiger partial charge < -0.3 is 14.5 Å². The van der Waals surface area contributed by atoms with Crippen molar-refractivity contribution in [3.8, 4) is 5.75 Å². The van der Waals surface area contributed by atoms with Crippen LogP contribution >= 0.6 is 0 Å². The van der Waals surface area contributed by atoms with Crippen molar-refractivity contribution in [2.75, 3.05) is 11.9 Å². The van der Waals surface area contributed by atoms with Crippen molar-refractivity contribution in [3.63, 3.8) is 0 Å². The van der Waals surface area contributed by atoms with Crippen LogP contribution in [0.25, 0.3) is 0 Å². The molecule has 0 spiro atoms. The fraction of sp³-hybridized carbons (Fsp3) is 0.167. The van der Waals surface area contributed by atoms with Gasteiger partial charge in [-0.15, -0.1) is 0 Å². The SMILES string of the molecule is Cc1cc(C(=O)N(C)c2ccc(O)cc2)on1. The summed E-state index contributed by atoms with van der Waals surface area (Å²) in [5.41, 5.74) is 1.33. The number of anilines is 1. The first-order chi connectivity index (χ1) is 8.08. The molecule has 2 aromatic rings. The molecule has 1 aromatic carbocycles. The zero-order valence-corrected chi connectivity index (χ0v) is 9.54. The van der Waals surface area contributed by atoms with Gasteiger partial charge in [0.2, 0.25) is 5.76 Å². The number of aromatic nitrogens is 1. The van der Waals surface area contributed by atoms with Crippen LogP contribution in [0, 0.1) is 6.92 Å². The lowest BCUT2D eigenvalue weighted by molar-refractivity contribution is 0.0957. The standard InChI is InChI=1S/C12H12N2O3/c1-8-7-11(17-13-8)12(16)14(2)9-3-5-10(15)6-4-9/h3-7,15H,1-2H3. The van der Waals surface area contributed by atoms with Crippen molar-refractivity contribution in [1.82, 2.24) is 5.16 Å². The van der Waals surface area contributed by atoms with Crippen molar-refractivity contribution < 1.29 is 14.4 Å². The Morgan fingerprint density at radius 2 is 2.00 bits per heavy atom. The number of hydrogen-bond donors (Lipinski definition) is 1. The van der Waals surface area contributed by atoms with Crippen LogP contribution < -0.4 is 4.90 Å². The minimum Gasteiger partial charge on any atom is -0.508 e. The largest absolute Gasteiger partial charge is 0.508 e. The van der Waals surface area contributed by atoms with Gasteiger partial charge in [-0.2, -0.15) is 0 Å². The number of phenols is 1. The van der Waals surface area contributed by atoms with E-state index in [0.717, 1.165) is 0 Å². The van der Waals surface area contributed by atoms with E-state index >= 15 is 0 Å². The zero-order valence-electron chi connectivity index (χ0n) is 9.54. The molecular formula is C12H12N2O3. The maximum absolute atomic E-state index is 12.0. The predicted octanol–water partition coefficient (Wildman–Crippen LogP) is 1.97. The number of rotatable bonds is 2. The van der Waals surface area contributed by atoms with Crippen LogP contribution in [-0.4, -0.2) is 23.2 Å². The molecule has 1 amide bonds. The second-order valence-electron chi connectivity index (χ2n) is 3.71. The van der Waals surface area contributed by atoms with Crippen LogP contribution in [0.15, 0.2) is 34.9 Å². The van der Waals surface area contributed by atoms with Crippen LogP contribution in [0.4, 0.5) is 5.69 Å². The van der Waals surface area contributed by atoms with E-state index in [4.69, 9.17) is 9.63 Å². The second-order valence-corrected chi connectivity index (χ2v) is 3.71. The highest BCUT2D eigenvalue weighted by Gasteiger charge is 2.17. The van der Waals surface area contributed by atoms with Crippen LogP contribution in [0.3, 0.4) is 0 Å². The number of benzene rings is 1. The Morgan fingerprint density at radius 1 is 1.35 bits per heavy atom. The van der Waals surface area contributed by atoms with Gasteiger partial charge in [-0.3, -0.25) is 4.79 Å². The Labute approximate surface area is 98.3 Å². The first kappa shape index (κ1) is 11.2. The molecule has 88 valence electrons. The Kier molecular flexibility index (Phi) is 2.82. The number of aromatic hydroxyl groups is 1. The summed E-state index contributed by atoms with van der Waals surface area (Å²) in [5, 5.41) is 12.8. The number of carbonyl (C=O) groups excluding carboxylic acids is 1. The minimum atomic E-state index is -0.281. The van der Waals surface area contributed by atoms with Crippen LogP contribution in [-0.2, 0) is 0 Å². The Hall–Kier alpha value is -2.30. The Bertz CT molecular complexity index is 531. The summed E-state index contributed by atoms with van der Waals surface area (Å²) in [6.45, 7) is 1.75. The molecule has 0 aliphatic rings. The smallest absolute Gasteiger partial charge is 0.296 e. The van der Waals surface area contributed by atoms with Gasteiger partial charge >= 0.3 is 0 Å². The lowest BCUT2D eigenvalue weighted by atomic mass is 10.2. The molecule has 0 saturated carbocycles. The van der Waals surface area contributed by atoms with Crippen molar-refractivity contribution in [2.24, 2.45) is 0 Å². The van der Waals surface area contributed by atoms with Crippen LogP contribution in [0.5, 0.6) is 5.75 Å². The maximum atomic E-state index is 12.0. The van der Waals surface area contributed by atoms with Gasteiger partial charge in [-0.25, -0.2) is 0 Å². The summed E-state index contributed by atoms with van der Waals surface area (Å²) >= 11 is 0. The van der Waals surface area contributed by atoms with Gasteiger partial charge in [0.05, 0.1) is 5.69 Å². The van der Waals surface area contributed by atoms with E-state index in [-0.39, 0.29) is 17.4 Å². The first-order valence-corrected chi connectivity index (χ1v) is 5.08. The van der Waals surface area contributed by atoms with Crippen LogP contribution in [0.2, 0.25) is 0 Å². The van der Waals surface area contributed by atoms with Gasteiger partial charge in [0.25, 0.3) is 5.91 Å². The van der Waals surface area contributed by atoms with Gasteiger partial charge in [0, 0.05) is 18.8 Å². The van der Waals surface area contributed by atoms with Gasteiger partial charge in [0.15, 0.2) is 0 Å². The van der Waals surface area contributed by atoms with E-state index in [9.17, 15) is 4.79 Å². The maximum Gasteiger partial charge on any atom is 0.296 e. The number of amides is 1. The number of nitrogens with zero attached hydrogens (tertiary/aromatic N) is 2. The third kappa shape index (κ3) is 2.28. The lowest BCUT2D eigenvalue weighted by Crippen LogP contribution is -2.25. The molecule has 2 rings (SSSR count). The Morgan fingerprint density at radius 3 is 2.53 bits per heavy atom. The van der Waals surface area contributed by atoms with Gasteiger partial charge in [-0.05, 0) is 31.2 Å². The summed E-state index contributed by atoms with van der Waals surface area (Å²) in [5.74, 6) is 0.0690. The highest BCUT2D eigenvalue weighted by molar-refractivity contribution is 6.03. The topological polar surface area (TPSA) is 66.6 Å².